The van der Waals surface area contributed by atoms with Crippen LogP contribution in [-0.4, -0.2) is 35.0 Å². The van der Waals surface area contributed by atoms with Gasteiger partial charge in [0.15, 0.2) is 6.61 Å². The molecule has 2 heterocycles. The first-order valence-corrected chi connectivity index (χ1v) is 10.2. The van der Waals surface area contributed by atoms with E-state index in [9.17, 15) is 9.59 Å². The van der Waals surface area contributed by atoms with Crippen molar-refractivity contribution in [1.82, 2.24) is 9.55 Å². The summed E-state index contributed by atoms with van der Waals surface area (Å²) in [4.78, 5) is 28.5. The van der Waals surface area contributed by atoms with Crippen molar-refractivity contribution in [3.63, 3.8) is 0 Å². The van der Waals surface area contributed by atoms with Gasteiger partial charge in [0.05, 0.1) is 13.5 Å². The van der Waals surface area contributed by atoms with Crippen molar-refractivity contribution >= 4 is 23.1 Å². The van der Waals surface area contributed by atoms with Crippen LogP contribution in [0.25, 0.3) is 10.6 Å². The van der Waals surface area contributed by atoms with E-state index in [1.54, 1.807) is 11.3 Å². The van der Waals surface area contributed by atoms with Crippen molar-refractivity contribution in [2.45, 2.75) is 33.7 Å². The average Bonchev–Trinajstić information content (AvgIpc) is 3.27. The van der Waals surface area contributed by atoms with Crippen LogP contribution in [0.2, 0.25) is 0 Å². The Kier molecular flexibility index (Phi) is 6.49. The van der Waals surface area contributed by atoms with Crippen molar-refractivity contribution in [2.75, 3.05) is 13.7 Å². The molecule has 0 aliphatic rings. The lowest BCUT2D eigenvalue weighted by Crippen LogP contribution is -2.14. The summed E-state index contributed by atoms with van der Waals surface area (Å²) in [7, 11) is 1.37. The Morgan fingerprint density at radius 1 is 1.14 bits per heavy atom. The fraction of sp³-hybridized carbons (Fsp3) is 0.318. The molecule has 0 aliphatic carbocycles. The molecule has 0 saturated heterocycles. The second-order valence-electron chi connectivity index (χ2n) is 6.79. The van der Waals surface area contributed by atoms with Gasteiger partial charge in [0.25, 0.3) is 0 Å². The van der Waals surface area contributed by atoms with Crippen LogP contribution >= 0.6 is 11.3 Å². The van der Waals surface area contributed by atoms with Gasteiger partial charge >= 0.3 is 5.97 Å². The number of Topliss-reactive ketones (excluding diaryl/α,β-unsaturated/α-hetero) is 1. The summed E-state index contributed by atoms with van der Waals surface area (Å²) in [6.07, 6.45) is 0.266. The molecule has 0 N–H and O–H groups in total. The molecule has 3 rings (SSSR count). The zero-order valence-electron chi connectivity index (χ0n) is 17.0. The highest BCUT2D eigenvalue weighted by Crippen LogP contribution is 2.25. The standard InChI is InChI=1S/C22H24N2O4S/c1-14-13-29-22(23-14)17-5-7-18(8-6-17)28-12-20(25)19-11-15(2)24(16(19)3)10-9-21(26)27-4/h5-8,11,13H,9-10,12H2,1-4H3. The molecule has 3 aromatic rings. The van der Waals surface area contributed by atoms with E-state index in [0.717, 1.165) is 27.7 Å². The van der Waals surface area contributed by atoms with E-state index in [4.69, 9.17) is 4.74 Å². The zero-order chi connectivity index (χ0) is 21.0. The molecule has 0 unspecified atom stereocenters. The van der Waals surface area contributed by atoms with E-state index in [-0.39, 0.29) is 24.8 Å². The van der Waals surface area contributed by atoms with E-state index in [1.165, 1.54) is 7.11 Å². The Bertz CT molecular complexity index is 1020. The summed E-state index contributed by atoms with van der Waals surface area (Å²) < 4.78 is 12.3. The van der Waals surface area contributed by atoms with Crippen LogP contribution in [0.1, 0.15) is 33.9 Å². The third kappa shape index (κ3) is 4.92. The van der Waals surface area contributed by atoms with Gasteiger partial charge in [-0.2, -0.15) is 0 Å². The van der Waals surface area contributed by atoms with Crippen molar-refractivity contribution in [3.05, 3.63) is 58.4 Å². The minimum Gasteiger partial charge on any atom is -0.485 e. The number of methoxy groups -OCH3 is 1. The molecule has 0 amide bonds. The normalized spacial score (nSPS) is 10.8. The summed E-state index contributed by atoms with van der Waals surface area (Å²) in [6, 6.07) is 9.41. The van der Waals surface area contributed by atoms with Gasteiger partial charge in [0.1, 0.15) is 10.8 Å². The van der Waals surface area contributed by atoms with Crippen LogP contribution < -0.4 is 4.74 Å². The van der Waals surface area contributed by atoms with Crippen LogP contribution in [0.3, 0.4) is 0 Å². The second kappa shape index (κ2) is 9.05. The predicted octanol–water partition coefficient (Wildman–Crippen LogP) is 4.36. The Morgan fingerprint density at radius 3 is 2.48 bits per heavy atom. The highest BCUT2D eigenvalue weighted by atomic mass is 32.1. The minimum atomic E-state index is -0.273. The highest BCUT2D eigenvalue weighted by Gasteiger charge is 2.17. The molecule has 0 saturated carbocycles. The monoisotopic (exact) mass is 412 g/mol. The lowest BCUT2D eigenvalue weighted by atomic mass is 10.1. The fourth-order valence-corrected chi connectivity index (χ4v) is 3.94. The van der Waals surface area contributed by atoms with Crippen LogP contribution in [0.15, 0.2) is 35.7 Å². The molecule has 0 aliphatic heterocycles. The van der Waals surface area contributed by atoms with Gasteiger partial charge in [-0.1, -0.05) is 0 Å². The van der Waals surface area contributed by atoms with E-state index in [2.05, 4.69) is 9.72 Å². The summed E-state index contributed by atoms with van der Waals surface area (Å²) in [5, 5.41) is 2.98. The van der Waals surface area contributed by atoms with Gasteiger partial charge in [-0.25, -0.2) is 4.98 Å². The van der Waals surface area contributed by atoms with E-state index >= 15 is 0 Å². The molecular weight excluding hydrogens is 388 g/mol. The van der Waals surface area contributed by atoms with Crippen molar-refractivity contribution in [1.29, 1.82) is 0 Å². The van der Waals surface area contributed by atoms with Crippen molar-refractivity contribution in [3.8, 4) is 16.3 Å². The first-order valence-electron chi connectivity index (χ1n) is 9.31. The van der Waals surface area contributed by atoms with Gasteiger partial charge in [0, 0.05) is 40.1 Å². The van der Waals surface area contributed by atoms with Crippen LogP contribution in [0, 0.1) is 20.8 Å². The van der Waals surface area contributed by atoms with E-state index in [0.29, 0.717) is 17.9 Å². The van der Waals surface area contributed by atoms with Gasteiger partial charge in [-0.15, -0.1) is 11.3 Å². The lowest BCUT2D eigenvalue weighted by Gasteiger charge is -2.09. The summed E-state index contributed by atoms with van der Waals surface area (Å²) in [5.41, 5.74) is 4.39. The van der Waals surface area contributed by atoms with E-state index < -0.39 is 0 Å². The Balaban J connectivity index is 1.62. The predicted molar refractivity (Wildman–Crippen MR) is 113 cm³/mol. The fourth-order valence-electron chi connectivity index (χ4n) is 3.14. The zero-order valence-corrected chi connectivity index (χ0v) is 17.8. The molecule has 0 atom stereocenters. The van der Waals surface area contributed by atoms with Gasteiger partial charge in [0.2, 0.25) is 5.78 Å². The maximum Gasteiger partial charge on any atom is 0.307 e. The first-order chi connectivity index (χ1) is 13.9. The largest absolute Gasteiger partial charge is 0.485 e. The number of nitrogens with zero attached hydrogens (tertiary/aromatic N) is 2. The molecule has 29 heavy (non-hydrogen) atoms. The Labute approximate surface area is 174 Å². The summed E-state index contributed by atoms with van der Waals surface area (Å²) in [6.45, 7) is 6.20. The smallest absolute Gasteiger partial charge is 0.307 e. The van der Waals surface area contributed by atoms with Crippen LogP contribution in [0.5, 0.6) is 5.75 Å². The molecule has 0 radical (unpaired) electrons. The third-order valence-corrected chi connectivity index (χ3v) is 5.74. The highest BCUT2D eigenvalue weighted by molar-refractivity contribution is 7.13. The molecule has 2 aromatic heterocycles. The van der Waals surface area contributed by atoms with Crippen LogP contribution in [-0.2, 0) is 16.1 Å². The number of aromatic nitrogens is 2. The molecule has 0 fully saturated rings. The topological polar surface area (TPSA) is 70.4 Å². The van der Waals surface area contributed by atoms with Crippen molar-refractivity contribution < 1.29 is 19.1 Å². The van der Waals surface area contributed by atoms with Gasteiger partial charge in [-0.05, 0) is 51.1 Å². The number of esters is 1. The number of ether oxygens (including phenoxy) is 2. The number of rotatable bonds is 8. The minimum absolute atomic E-state index is 0.0446. The van der Waals surface area contributed by atoms with E-state index in [1.807, 2.05) is 61.1 Å². The maximum absolute atomic E-state index is 12.7. The number of thiazole rings is 1. The Hall–Kier alpha value is -2.93. The quantitative estimate of drug-likeness (QED) is 0.406. The number of carbonyl (C=O) groups excluding carboxylic acids is 2. The SMILES string of the molecule is COC(=O)CCn1c(C)cc(C(=O)COc2ccc(-c3nc(C)cs3)cc2)c1C. The molecule has 7 heteroatoms. The summed E-state index contributed by atoms with van der Waals surface area (Å²) >= 11 is 1.60. The third-order valence-electron chi connectivity index (χ3n) is 4.73. The molecule has 1 aromatic carbocycles. The number of carbonyl (C=O) groups is 2. The molecular formula is C22H24N2O4S. The molecule has 0 bridgehead atoms. The number of aryl methyl sites for hydroxylation is 2. The Morgan fingerprint density at radius 2 is 1.86 bits per heavy atom. The summed E-state index contributed by atoms with van der Waals surface area (Å²) in [5.74, 6) is 0.266. The molecule has 0 spiro atoms. The second-order valence-corrected chi connectivity index (χ2v) is 7.65. The van der Waals surface area contributed by atoms with Gasteiger partial charge in [-0.3, -0.25) is 9.59 Å². The number of ketones is 1. The number of hydrogen-bond acceptors (Lipinski definition) is 6. The average molecular weight is 413 g/mol. The number of hydrogen-bond donors (Lipinski definition) is 0. The van der Waals surface area contributed by atoms with Crippen LogP contribution in [0.4, 0.5) is 0 Å². The lowest BCUT2D eigenvalue weighted by molar-refractivity contribution is -0.140. The van der Waals surface area contributed by atoms with Gasteiger partial charge < -0.3 is 14.0 Å². The molecule has 152 valence electrons. The van der Waals surface area contributed by atoms with Crippen molar-refractivity contribution in [2.24, 2.45) is 0 Å². The molecule has 6 nitrogen and oxygen atoms in total. The first kappa shape index (κ1) is 20.8. The number of benzene rings is 1. The maximum atomic E-state index is 12.7.